The molecule has 2 aromatic rings. The second-order valence-electron chi connectivity index (χ2n) is 3.55. The minimum Gasteiger partial charge on any atom is -0.465 e. The van der Waals surface area contributed by atoms with Gasteiger partial charge >= 0.3 is 5.97 Å². The monoisotopic (exact) mass is 299 g/mol. The van der Waals surface area contributed by atoms with E-state index in [1.807, 2.05) is 0 Å². The molecule has 0 spiro atoms. The molecule has 1 aromatic heterocycles. The number of hydrogen-bond acceptors (Lipinski definition) is 7. The first-order valence-corrected chi connectivity index (χ1v) is 6.80. The van der Waals surface area contributed by atoms with E-state index in [1.54, 1.807) is 6.92 Å². The highest BCUT2D eigenvalue weighted by Gasteiger charge is 2.16. The third-order valence-electron chi connectivity index (χ3n) is 2.21. The van der Waals surface area contributed by atoms with Crippen LogP contribution < -0.4 is 5.73 Å². The molecule has 5 nitrogen and oxygen atoms in total. The maximum Gasteiger partial charge on any atom is 0.339 e. The number of nitrogen functional groups attached to an aromatic ring is 1. The van der Waals surface area contributed by atoms with Crippen molar-refractivity contribution < 1.29 is 13.9 Å². The van der Waals surface area contributed by atoms with Crippen molar-refractivity contribution in [3.05, 3.63) is 28.5 Å². The van der Waals surface area contributed by atoms with Crippen LogP contribution in [0.2, 0.25) is 0 Å². The number of methoxy groups -OCH3 is 1. The fraction of sp³-hybridized carbons (Fsp3) is 0.182. The summed E-state index contributed by atoms with van der Waals surface area (Å²) in [7, 11) is 1.24. The number of benzene rings is 1. The van der Waals surface area contributed by atoms with Crippen LogP contribution in [0.5, 0.6) is 0 Å². The predicted molar refractivity (Wildman–Crippen MR) is 70.9 cm³/mol. The Morgan fingerprint density at radius 2 is 2.21 bits per heavy atom. The summed E-state index contributed by atoms with van der Waals surface area (Å²) in [6, 6.07) is 2.46. The van der Waals surface area contributed by atoms with Crippen molar-refractivity contribution in [1.29, 1.82) is 0 Å². The summed E-state index contributed by atoms with van der Waals surface area (Å²) in [6.45, 7) is 1.81. The van der Waals surface area contributed by atoms with Gasteiger partial charge in [-0.2, -0.15) is 0 Å². The van der Waals surface area contributed by atoms with E-state index in [-0.39, 0.29) is 16.1 Å². The van der Waals surface area contributed by atoms with Gasteiger partial charge in [0.15, 0.2) is 4.34 Å². The molecule has 1 heterocycles. The van der Waals surface area contributed by atoms with Crippen LogP contribution in [0, 0.1) is 12.7 Å². The van der Waals surface area contributed by atoms with Crippen molar-refractivity contribution in [2.45, 2.75) is 16.2 Å². The highest BCUT2D eigenvalue weighted by molar-refractivity contribution is 8.01. The number of anilines is 1. The van der Waals surface area contributed by atoms with Crippen LogP contribution in [0.25, 0.3) is 0 Å². The lowest BCUT2D eigenvalue weighted by molar-refractivity contribution is 0.0601. The Morgan fingerprint density at radius 3 is 2.79 bits per heavy atom. The Kier molecular flexibility index (Phi) is 4.01. The van der Waals surface area contributed by atoms with Crippen molar-refractivity contribution in [3.63, 3.8) is 0 Å². The number of halogens is 1. The average Bonchev–Trinajstić information content (AvgIpc) is 2.77. The largest absolute Gasteiger partial charge is 0.465 e. The molecule has 19 heavy (non-hydrogen) atoms. The number of ether oxygens (including phenoxy) is 1. The zero-order valence-corrected chi connectivity index (χ0v) is 11.8. The summed E-state index contributed by atoms with van der Waals surface area (Å²) in [6.07, 6.45) is 0. The second kappa shape index (κ2) is 5.54. The molecule has 0 saturated heterocycles. The Morgan fingerprint density at radius 1 is 1.47 bits per heavy atom. The minimum atomic E-state index is -0.604. The molecule has 8 heteroatoms. The fourth-order valence-corrected chi connectivity index (χ4v) is 3.16. The van der Waals surface area contributed by atoms with Crippen LogP contribution >= 0.6 is 23.1 Å². The van der Waals surface area contributed by atoms with Crippen LogP contribution in [0.15, 0.2) is 21.4 Å². The Balaban J connectivity index is 2.37. The Labute approximate surface area is 117 Å². The lowest BCUT2D eigenvalue weighted by atomic mass is 10.2. The fourth-order valence-electron chi connectivity index (χ4n) is 1.35. The van der Waals surface area contributed by atoms with Gasteiger partial charge in [0.05, 0.1) is 17.6 Å². The molecular weight excluding hydrogens is 289 g/mol. The van der Waals surface area contributed by atoms with E-state index < -0.39 is 11.8 Å². The molecule has 0 atom stereocenters. The van der Waals surface area contributed by atoms with Crippen LogP contribution in [0.1, 0.15) is 15.4 Å². The number of esters is 1. The predicted octanol–water partition coefficient (Wildman–Crippen LogP) is 2.51. The molecule has 2 rings (SSSR count). The van der Waals surface area contributed by atoms with Gasteiger partial charge in [0, 0.05) is 5.69 Å². The lowest BCUT2D eigenvalue weighted by Gasteiger charge is -2.07. The number of carbonyl (C=O) groups is 1. The third-order valence-corrected chi connectivity index (χ3v) is 4.14. The maximum absolute atomic E-state index is 13.8. The van der Waals surface area contributed by atoms with E-state index >= 15 is 0 Å². The zero-order chi connectivity index (χ0) is 14.0. The first-order chi connectivity index (χ1) is 9.01. The van der Waals surface area contributed by atoms with Gasteiger partial charge in [-0.05, 0) is 19.1 Å². The van der Waals surface area contributed by atoms with E-state index in [0.29, 0.717) is 4.34 Å². The summed E-state index contributed by atoms with van der Waals surface area (Å²) in [5.41, 5.74) is 5.76. The van der Waals surface area contributed by atoms with Gasteiger partial charge < -0.3 is 10.5 Å². The molecule has 1 aromatic carbocycles. The number of nitrogens with zero attached hydrogens (tertiary/aromatic N) is 2. The first-order valence-electron chi connectivity index (χ1n) is 5.16. The summed E-state index contributed by atoms with van der Waals surface area (Å²) in [5.74, 6) is -1.11. The molecule has 0 bridgehead atoms. The highest BCUT2D eigenvalue weighted by atomic mass is 32.2. The zero-order valence-electron chi connectivity index (χ0n) is 10.1. The summed E-state index contributed by atoms with van der Waals surface area (Å²) >= 11 is 2.43. The van der Waals surface area contributed by atoms with Gasteiger partial charge in [-0.1, -0.05) is 23.1 Å². The topological polar surface area (TPSA) is 78.1 Å². The first kappa shape index (κ1) is 13.8. The minimum absolute atomic E-state index is 0.0437. The van der Waals surface area contributed by atoms with Crippen LogP contribution in [-0.2, 0) is 4.74 Å². The maximum atomic E-state index is 13.8. The average molecular weight is 299 g/mol. The molecule has 0 radical (unpaired) electrons. The molecule has 0 aliphatic rings. The second-order valence-corrected chi connectivity index (χ2v) is 6.02. The van der Waals surface area contributed by atoms with Crippen molar-refractivity contribution in [2.24, 2.45) is 0 Å². The van der Waals surface area contributed by atoms with Gasteiger partial charge in [-0.15, -0.1) is 10.2 Å². The van der Waals surface area contributed by atoms with Gasteiger partial charge in [0.2, 0.25) is 0 Å². The van der Waals surface area contributed by atoms with Crippen molar-refractivity contribution in [2.75, 3.05) is 12.8 Å². The number of aromatic nitrogens is 2. The quantitative estimate of drug-likeness (QED) is 0.693. The van der Waals surface area contributed by atoms with Crippen LogP contribution in [0.4, 0.5) is 10.1 Å². The number of rotatable bonds is 3. The molecule has 0 fully saturated rings. The number of nitrogens with two attached hydrogens (primary N) is 1. The SMILES string of the molecule is COC(=O)c1cc(Sc2nnc(C)s2)c(F)cc1N. The van der Waals surface area contributed by atoms with E-state index in [1.165, 1.54) is 24.5 Å². The lowest BCUT2D eigenvalue weighted by Crippen LogP contribution is -2.06. The Hall–Kier alpha value is -1.67. The highest BCUT2D eigenvalue weighted by Crippen LogP contribution is 2.34. The molecule has 0 aliphatic carbocycles. The molecule has 0 saturated carbocycles. The molecule has 0 unspecified atom stereocenters. The Bertz CT molecular complexity index is 630. The smallest absolute Gasteiger partial charge is 0.339 e. The van der Waals surface area contributed by atoms with Crippen molar-refractivity contribution >= 4 is 34.8 Å². The van der Waals surface area contributed by atoms with Crippen molar-refractivity contribution in [1.82, 2.24) is 10.2 Å². The van der Waals surface area contributed by atoms with Gasteiger partial charge in [0.25, 0.3) is 0 Å². The number of hydrogen-bond donors (Lipinski definition) is 1. The van der Waals surface area contributed by atoms with E-state index in [9.17, 15) is 9.18 Å². The summed E-state index contributed by atoms with van der Waals surface area (Å²) in [5, 5.41) is 8.51. The van der Waals surface area contributed by atoms with Gasteiger partial charge in [-0.3, -0.25) is 0 Å². The van der Waals surface area contributed by atoms with E-state index in [0.717, 1.165) is 22.8 Å². The molecular formula is C11H10FN3O2S2. The number of carbonyl (C=O) groups excluding carboxylic acids is 1. The third kappa shape index (κ3) is 3.02. The molecule has 100 valence electrons. The van der Waals surface area contributed by atoms with E-state index in [2.05, 4.69) is 14.9 Å². The molecule has 0 amide bonds. The van der Waals surface area contributed by atoms with Crippen LogP contribution in [-0.4, -0.2) is 23.3 Å². The molecule has 2 N–H and O–H groups in total. The van der Waals surface area contributed by atoms with Crippen molar-refractivity contribution in [3.8, 4) is 0 Å². The summed E-state index contributed by atoms with van der Waals surface area (Å²) in [4.78, 5) is 11.8. The number of aryl methyl sites for hydroxylation is 1. The standard InChI is InChI=1S/C11H10FN3O2S2/c1-5-14-15-11(18-5)19-9-3-6(10(16)17-2)8(13)4-7(9)12/h3-4H,13H2,1-2H3. The molecule has 0 aliphatic heterocycles. The van der Waals surface area contributed by atoms with Gasteiger partial charge in [0.1, 0.15) is 10.8 Å². The van der Waals surface area contributed by atoms with Gasteiger partial charge in [-0.25, -0.2) is 9.18 Å². The van der Waals surface area contributed by atoms with Crippen LogP contribution in [0.3, 0.4) is 0 Å². The normalized spacial score (nSPS) is 10.5. The summed E-state index contributed by atoms with van der Waals surface area (Å²) < 4.78 is 19.0. The van der Waals surface area contributed by atoms with E-state index in [4.69, 9.17) is 5.73 Å².